The van der Waals surface area contributed by atoms with Crippen molar-refractivity contribution in [1.82, 2.24) is 10.6 Å². The summed E-state index contributed by atoms with van der Waals surface area (Å²) in [6, 6.07) is 35.1. The van der Waals surface area contributed by atoms with Crippen LogP contribution in [0.15, 0.2) is 121 Å². The first-order valence-electron chi connectivity index (χ1n) is 10.9. The summed E-state index contributed by atoms with van der Waals surface area (Å²) in [5.74, 6) is 0.584. The lowest BCUT2D eigenvalue weighted by Gasteiger charge is -2.12. The maximum Gasteiger partial charge on any atom is 0.268 e. The SMILES string of the molecule is O=C(NCc1ccccc1)/C(=C/c1cccc(Oc2ccccc2)c1)NC(=O)c1ccccc1. The molecule has 4 aromatic rings. The van der Waals surface area contributed by atoms with Gasteiger partial charge in [-0.15, -0.1) is 0 Å². The fourth-order valence-corrected chi connectivity index (χ4v) is 3.27. The van der Waals surface area contributed by atoms with Crippen LogP contribution in [-0.2, 0) is 11.3 Å². The minimum atomic E-state index is -0.387. The van der Waals surface area contributed by atoms with Gasteiger partial charge in [0, 0.05) is 12.1 Å². The van der Waals surface area contributed by atoms with Crippen LogP contribution in [0.25, 0.3) is 6.08 Å². The Morgan fingerprint density at radius 1 is 0.706 bits per heavy atom. The average Bonchev–Trinajstić information content (AvgIpc) is 2.89. The predicted molar refractivity (Wildman–Crippen MR) is 133 cm³/mol. The number of amides is 2. The third-order valence-electron chi connectivity index (χ3n) is 4.97. The van der Waals surface area contributed by atoms with Crippen LogP contribution in [0.3, 0.4) is 0 Å². The topological polar surface area (TPSA) is 67.4 Å². The third-order valence-corrected chi connectivity index (χ3v) is 4.97. The van der Waals surface area contributed by atoms with Gasteiger partial charge in [0.1, 0.15) is 17.2 Å². The van der Waals surface area contributed by atoms with E-state index in [-0.39, 0.29) is 17.5 Å². The van der Waals surface area contributed by atoms with E-state index < -0.39 is 0 Å². The van der Waals surface area contributed by atoms with E-state index in [1.54, 1.807) is 30.3 Å². The minimum absolute atomic E-state index is 0.140. The van der Waals surface area contributed by atoms with Crippen molar-refractivity contribution in [3.8, 4) is 11.5 Å². The van der Waals surface area contributed by atoms with E-state index in [0.29, 0.717) is 29.2 Å². The van der Waals surface area contributed by atoms with E-state index in [1.807, 2.05) is 91.0 Å². The molecule has 5 heteroatoms. The summed E-state index contributed by atoms with van der Waals surface area (Å²) in [6.45, 7) is 0.343. The van der Waals surface area contributed by atoms with Crippen LogP contribution >= 0.6 is 0 Å². The van der Waals surface area contributed by atoms with Crippen molar-refractivity contribution in [2.75, 3.05) is 0 Å². The van der Waals surface area contributed by atoms with Crippen molar-refractivity contribution in [2.45, 2.75) is 6.54 Å². The molecule has 0 radical (unpaired) electrons. The zero-order valence-electron chi connectivity index (χ0n) is 18.5. The van der Waals surface area contributed by atoms with Gasteiger partial charge in [-0.3, -0.25) is 9.59 Å². The third kappa shape index (κ3) is 6.43. The van der Waals surface area contributed by atoms with Crippen molar-refractivity contribution in [2.24, 2.45) is 0 Å². The molecule has 0 spiro atoms. The summed E-state index contributed by atoms with van der Waals surface area (Å²) < 4.78 is 5.90. The molecule has 34 heavy (non-hydrogen) atoms. The van der Waals surface area contributed by atoms with E-state index in [1.165, 1.54) is 0 Å². The van der Waals surface area contributed by atoms with Crippen LogP contribution in [0, 0.1) is 0 Å². The Morgan fingerprint density at radius 2 is 1.32 bits per heavy atom. The Kier molecular flexibility index (Phi) is 7.49. The summed E-state index contributed by atoms with van der Waals surface area (Å²) in [4.78, 5) is 25.8. The molecule has 0 aliphatic heterocycles. The highest BCUT2D eigenvalue weighted by Gasteiger charge is 2.15. The van der Waals surface area contributed by atoms with E-state index in [9.17, 15) is 9.59 Å². The van der Waals surface area contributed by atoms with Crippen molar-refractivity contribution in [3.05, 3.63) is 138 Å². The van der Waals surface area contributed by atoms with Gasteiger partial charge < -0.3 is 15.4 Å². The summed E-state index contributed by atoms with van der Waals surface area (Å²) in [5.41, 5.74) is 2.28. The summed E-state index contributed by atoms with van der Waals surface area (Å²) in [6.07, 6.45) is 1.64. The van der Waals surface area contributed by atoms with E-state index in [4.69, 9.17) is 4.74 Å². The van der Waals surface area contributed by atoms with Crippen LogP contribution in [0.2, 0.25) is 0 Å². The van der Waals surface area contributed by atoms with Crippen LogP contribution in [0.1, 0.15) is 21.5 Å². The first-order valence-corrected chi connectivity index (χ1v) is 10.9. The first-order chi connectivity index (χ1) is 16.7. The maximum absolute atomic E-state index is 13.0. The molecule has 0 saturated carbocycles. The Balaban J connectivity index is 1.56. The van der Waals surface area contributed by atoms with Crippen LogP contribution in [0.5, 0.6) is 11.5 Å². The number of benzene rings is 4. The molecule has 4 aromatic carbocycles. The number of para-hydroxylation sites is 1. The molecule has 0 fully saturated rings. The highest BCUT2D eigenvalue weighted by Crippen LogP contribution is 2.22. The fourth-order valence-electron chi connectivity index (χ4n) is 3.27. The smallest absolute Gasteiger partial charge is 0.268 e. The van der Waals surface area contributed by atoms with E-state index >= 15 is 0 Å². The molecule has 0 aliphatic carbocycles. The van der Waals surface area contributed by atoms with E-state index in [2.05, 4.69) is 10.6 Å². The Hall–Kier alpha value is -4.64. The number of hydrogen-bond donors (Lipinski definition) is 2. The van der Waals surface area contributed by atoms with Gasteiger partial charge in [0.25, 0.3) is 11.8 Å². The Morgan fingerprint density at radius 3 is 2.03 bits per heavy atom. The summed E-state index contributed by atoms with van der Waals surface area (Å²) >= 11 is 0. The Bertz CT molecular complexity index is 1270. The van der Waals surface area contributed by atoms with Crippen LogP contribution in [0.4, 0.5) is 0 Å². The van der Waals surface area contributed by atoms with Gasteiger partial charge in [0.2, 0.25) is 0 Å². The van der Waals surface area contributed by atoms with Crippen molar-refractivity contribution >= 4 is 17.9 Å². The van der Waals surface area contributed by atoms with Crippen LogP contribution in [-0.4, -0.2) is 11.8 Å². The highest BCUT2D eigenvalue weighted by molar-refractivity contribution is 6.05. The van der Waals surface area contributed by atoms with Crippen molar-refractivity contribution in [1.29, 1.82) is 0 Å². The molecule has 0 atom stereocenters. The molecule has 5 nitrogen and oxygen atoms in total. The van der Waals surface area contributed by atoms with Crippen molar-refractivity contribution in [3.63, 3.8) is 0 Å². The predicted octanol–water partition coefficient (Wildman–Crippen LogP) is 5.57. The van der Waals surface area contributed by atoms with Crippen LogP contribution < -0.4 is 15.4 Å². The molecular formula is C29H24N2O3. The molecule has 168 valence electrons. The van der Waals surface area contributed by atoms with Gasteiger partial charge in [0.05, 0.1) is 0 Å². The molecule has 0 aromatic heterocycles. The number of carbonyl (C=O) groups is 2. The molecule has 0 heterocycles. The fraction of sp³-hybridized carbons (Fsp3) is 0.0345. The molecule has 0 saturated heterocycles. The number of ether oxygens (including phenoxy) is 1. The highest BCUT2D eigenvalue weighted by atomic mass is 16.5. The first kappa shape index (κ1) is 22.6. The number of rotatable bonds is 8. The molecule has 0 unspecified atom stereocenters. The quantitative estimate of drug-likeness (QED) is 0.347. The second-order valence-corrected chi connectivity index (χ2v) is 7.53. The van der Waals surface area contributed by atoms with Gasteiger partial charge in [0.15, 0.2) is 0 Å². The van der Waals surface area contributed by atoms with E-state index in [0.717, 1.165) is 5.56 Å². The molecule has 2 amide bonds. The lowest BCUT2D eigenvalue weighted by Crippen LogP contribution is -2.34. The number of hydrogen-bond acceptors (Lipinski definition) is 3. The van der Waals surface area contributed by atoms with Gasteiger partial charge in [-0.2, -0.15) is 0 Å². The Labute approximate surface area is 198 Å². The molecule has 0 bridgehead atoms. The molecule has 2 N–H and O–H groups in total. The van der Waals surface area contributed by atoms with Gasteiger partial charge in [-0.1, -0.05) is 78.9 Å². The lowest BCUT2D eigenvalue weighted by molar-refractivity contribution is -0.117. The lowest BCUT2D eigenvalue weighted by atomic mass is 10.1. The van der Waals surface area contributed by atoms with Crippen molar-refractivity contribution < 1.29 is 14.3 Å². The van der Waals surface area contributed by atoms with Gasteiger partial charge in [-0.25, -0.2) is 0 Å². The van der Waals surface area contributed by atoms with Gasteiger partial charge in [-0.05, 0) is 53.6 Å². The second kappa shape index (κ2) is 11.3. The molecule has 4 rings (SSSR count). The average molecular weight is 449 g/mol. The number of carbonyl (C=O) groups excluding carboxylic acids is 2. The minimum Gasteiger partial charge on any atom is -0.457 e. The van der Waals surface area contributed by atoms with Gasteiger partial charge >= 0.3 is 0 Å². The maximum atomic E-state index is 13.0. The zero-order valence-corrected chi connectivity index (χ0v) is 18.5. The standard InChI is InChI=1S/C29H24N2O3/c32-28(24-14-6-2-7-15-24)31-27(29(33)30-21-22-11-4-1-5-12-22)20-23-13-10-18-26(19-23)34-25-16-8-3-9-17-25/h1-20H,21H2,(H,30,33)(H,31,32)/b27-20-. The normalized spacial score (nSPS) is 10.9. The largest absolute Gasteiger partial charge is 0.457 e. The zero-order chi connectivity index (χ0) is 23.6. The molecule has 0 aliphatic rings. The monoisotopic (exact) mass is 448 g/mol. The summed E-state index contributed by atoms with van der Waals surface area (Å²) in [7, 11) is 0. The number of nitrogens with one attached hydrogen (secondary N) is 2. The summed E-state index contributed by atoms with van der Waals surface area (Å²) in [5, 5.41) is 5.63. The molecular weight excluding hydrogens is 424 g/mol. The second-order valence-electron chi connectivity index (χ2n) is 7.53.